The topological polar surface area (TPSA) is 0 Å². The van der Waals surface area contributed by atoms with Gasteiger partial charge in [-0.2, -0.15) is 0 Å². The summed E-state index contributed by atoms with van der Waals surface area (Å²) in [5, 5.41) is 0. The van der Waals surface area contributed by atoms with Crippen LogP contribution in [0.3, 0.4) is 0 Å². The maximum atomic E-state index is 2.82. The van der Waals surface area contributed by atoms with Crippen LogP contribution in [0.2, 0.25) is 86.6 Å². The Kier molecular flexibility index (Phi) is 8.48. The van der Waals surface area contributed by atoms with Crippen LogP contribution in [-0.2, 0) is 0 Å². The molecule has 0 spiro atoms. The second-order valence-electron chi connectivity index (χ2n) is 12.8. The van der Waals surface area contributed by atoms with Gasteiger partial charge >= 0.3 is 0 Å². The first-order valence-electron chi connectivity index (χ1n) is 10.7. The van der Waals surface area contributed by atoms with Crippen molar-refractivity contribution in [3.8, 4) is 0 Å². The molecule has 27 heavy (non-hydrogen) atoms. The Morgan fingerprint density at radius 3 is 1.22 bits per heavy atom. The summed E-state index contributed by atoms with van der Waals surface area (Å²) in [4.78, 5) is 2.82. The lowest BCUT2D eigenvalue weighted by atomic mass is 10.2. The predicted octanol–water partition coefficient (Wildman–Crippen LogP) is 7.98. The first-order chi connectivity index (χ1) is 12.0. The quantitative estimate of drug-likeness (QED) is 0.353. The second kappa shape index (κ2) is 9.02. The molecule has 152 valence electrons. The van der Waals surface area contributed by atoms with Gasteiger partial charge in [-0.15, -0.1) is 4.94 Å². The normalized spacial score (nSPS) is 14.4. The zero-order valence-corrected chi connectivity index (χ0v) is 25.4. The highest BCUT2D eigenvalue weighted by Gasteiger charge is 2.53. The van der Waals surface area contributed by atoms with Crippen molar-refractivity contribution >= 4 is 52.5 Å². The molecule has 0 heterocycles. The number of hydrogen-bond acceptors (Lipinski definition) is 0. The highest BCUT2D eigenvalue weighted by Crippen LogP contribution is 2.45. The molecular formula is C22H45AlSi4. The molecule has 0 amide bonds. The van der Waals surface area contributed by atoms with E-state index in [4.69, 9.17) is 0 Å². The van der Waals surface area contributed by atoms with E-state index in [0.29, 0.717) is 0 Å². The molecule has 0 aliphatic heterocycles. The second-order valence-corrected chi connectivity index (χ2v) is 40.9. The average Bonchev–Trinajstić information content (AvgIpc) is 2.39. The SMILES string of the molecule is C[Si](C)(C)[CH]([Al](/[CH]=C/c1ccccc1)[CH]([Si](C)(C)C)[Si](C)(C)C)[Si](C)(C)C. The maximum Gasteiger partial charge on any atom is 0.290 e. The highest BCUT2D eigenvalue weighted by molar-refractivity contribution is 7.18. The molecule has 0 saturated carbocycles. The van der Waals surface area contributed by atoms with Crippen LogP contribution in [0.25, 0.3) is 6.08 Å². The van der Waals surface area contributed by atoms with Crippen molar-refractivity contribution in [3.05, 3.63) is 40.8 Å². The van der Waals surface area contributed by atoms with Gasteiger partial charge in [-0.05, 0) is 5.56 Å². The fourth-order valence-electron chi connectivity index (χ4n) is 6.11. The molecular weight excluding hydrogens is 404 g/mol. The van der Waals surface area contributed by atoms with Crippen molar-refractivity contribution in [2.45, 2.75) is 86.6 Å². The monoisotopic (exact) mass is 448 g/mol. The van der Waals surface area contributed by atoms with E-state index in [1.807, 2.05) is 0 Å². The highest BCUT2D eigenvalue weighted by atomic mass is 28.4. The van der Waals surface area contributed by atoms with E-state index in [-0.39, 0.29) is 0 Å². The largest absolute Gasteiger partial charge is 0.290 e. The Bertz CT molecular complexity index is 553. The molecule has 0 atom stereocenters. The smallest absolute Gasteiger partial charge is 0.144 e. The molecule has 0 nitrogen and oxygen atoms in total. The molecule has 0 aromatic heterocycles. The van der Waals surface area contributed by atoms with Crippen LogP contribution in [-0.4, -0.2) is 46.4 Å². The van der Waals surface area contributed by atoms with Gasteiger partial charge in [0.1, 0.15) is 0 Å². The van der Waals surface area contributed by atoms with Crippen molar-refractivity contribution in [3.63, 3.8) is 0 Å². The Morgan fingerprint density at radius 2 is 0.926 bits per heavy atom. The molecule has 0 fully saturated rings. The van der Waals surface area contributed by atoms with Crippen LogP contribution in [0.1, 0.15) is 5.56 Å². The fourth-order valence-corrected chi connectivity index (χ4v) is 52.6. The summed E-state index contributed by atoms with van der Waals surface area (Å²) in [5.41, 5.74) is 1.39. The molecule has 1 aromatic carbocycles. The van der Waals surface area contributed by atoms with Crippen LogP contribution >= 0.6 is 0 Å². The summed E-state index contributed by atoms with van der Waals surface area (Å²) >= 11 is -1.07. The lowest BCUT2D eigenvalue weighted by Crippen LogP contribution is -2.60. The van der Waals surface area contributed by atoms with Crippen LogP contribution in [0, 0.1) is 0 Å². The minimum absolute atomic E-state index is 1.06. The van der Waals surface area contributed by atoms with E-state index in [1.165, 1.54) is 5.56 Å². The van der Waals surface area contributed by atoms with E-state index in [9.17, 15) is 0 Å². The summed E-state index contributed by atoms with van der Waals surface area (Å²) in [6, 6.07) is 11.0. The van der Waals surface area contributed by atoms with Crippen molar-refractivity contribution in [2.75, 3.05) is 0 Å². The third-order valence-electron chi connectivity index (χ3n) is 5.81. The molecule has 0 N–H and O–H groups in total. The van der Waals surface area contributed by atoms with Gasteiger partial charge in [-0.1, -0.05) is 123 Å². The molecule has 1 aromatic rings. The Balaban J connectivity index is 3.62. The zero-order valence-electron chi connectivity index (χ0n) is 20.3. The first-order valence-corrected chi connectivity index (χ1v) is 27.0. The number of hydrogen-bond donors (Lipinski definition) is 0. The van der Waals surface area contributed by atoms with E-state index >= 15 is 0 Å². The van der Waals surface area contributed by atoms with Gasteiger partial charge < -0.3 is 0 Å². The lowest BCUT2D eigenvalue weighted by Gasteiger charge is -2.50. The van der Waals surface area contributed by atoms with Crippen LogP contribution in [0.15, 0.2) is 35.3 Å². The minimum atomic E-state index is -1.23. The molecule has 0 saturated heterocycles. The van der Waals surface area contributed by atoms with Gasteiger partial charge in [0, 0.05) is 32.3 Å². The molecule has 0 aliphatic carbocycles. The minimum Gasteiger partial charge on any atom is -0.144 e. The first kappa shape index (κ1) is 25.4. The Hall–Kier alpha value is 0.360. The van der Waals surface area contributed by atoms with E-state index < -0.39 is 46.4 Å². The summed E-state index contributed by atoms with van der Waals surface area (Å²) in [6.45, 7) is 32.0. The Labute approximate surface area is 179 Å². The average molecular weight is 449 g/mol. The fraction of sp³-hybridized carbons (Fsp3) is 0.636. The van der Waals surface area contributed by atoms with Gasteiger partial charge in [0.25, 0.3) is 14.1 Å². The van der Waals surface area contributed by atoms with Gasteiger partial charge in [0.2, 0.25) is 0 Å². The third-order valence-corrected chi connectivity index (χ3v) is 42.5. The van der Waals surface area contributed by atoms with Gasteiger partial charge in [-0.3, -0.25) is 0 Å². The Morgan fingerprint density at radius 1 is 0.593 bits per heavy atom. The van der Waals surface area contributed by atoms with Crippen molar-refractivity contribution in [1.82, 2.24) is 0 Å². The summed E-state index contributed by atoms with van der Waals surface area (Å²) in [7, 11) is -4.91. The van der Waals surface area contributed by atoms with Crippen LogP contribution in [0.4, 0.5) is 0 Å². The molecule has 0 aliphatic rings. The molecule has 1 rings (SSSR count). The standard InChI is InChI=1S/C8H7.2C7H19Si2.Al/c1-2-8-6-4-3-5-7-8;2*1-8(2,3)7-9(4,5)6;/h1-7H;2*7H,1-6H3;. The molecule has 0 unspecified atom stereocenters. The zero-order chi connectivity index (χ0) is 21.3. The van der Waals surface area contributed by atoms with Crippen LogP contribution in [0.5, 0.6) is 0 Å². The maximum absolute atomic E-state index is 2.82. The van der Waals surface area contributed by atoms with Gasteiger partial charge in [0.15, 0.2) is 0 Å². The summed E-state index contributed by atoms with van der Waals surface area (Å²) < 4.78 is 2.13. The van der Waals surface area contributed by atoms with Crippen molar-refractivity contribution in [2.24, 2.45) is 0 Å². The van der Waals surface area contributed by atoms with Gasteiger partial charge in [-0.25, -0.2) is 0 Å². The van der Waals surface area contributed by atoms with Crippen molar-refractivity contribution < 1.29 is 0 Å². The van der Waals surface area contributed by atoms with Crippen LogP contribution < -0.4 is 0 Å². The van der Waals surface area contributed by atoms with E-state index in [2.05, 4.69) is 120 Å². The van der Waals surface area contributed by atoms with Gasteiger partial charge in [0.05, 0.1) is 0 Å². The van der Waals surface area contributed by atoms with E-state index in [1.54, 1.807) is 0 Å². The number of benzene rings is 1. The summed E-state index contributed by atoms with van der Waals surface area (Å²) in [6.07, 6.45) is 2.51. The lowest BCUT2D eigenvalue weighted by molar-refractivity contribution is 1.31. The molecule has 0 radical (unpaired) electrons. The molecule has 5 heteroatoms. The van der Waals surface area contributed by atoms with E-state index in [0.717, 1.165) is 8.05 Å². The predicted molar refractivity (Wildman–Crippen MR) is 142 cm³/mol. The molecule has 0 bridgehead atoms. The number of rotatable bonds is 8. The summed E-state index contributed by atoms with van der Waals surface area (Å²) in [5.74, 6) is 0. The van der Waals surface area contributed by atoms with Crippen molar-refractivity contribution in [1.29, 1.82) is 0 Å². The third kappa shape index (κ3) is 7.60.